The molecule has 0 N–H and O–H groups in total. The Labute approximate surface area is 147 Å². The molecule has 4 rings (SSSR count). The summed E-state index contributed by atoms with van der Waals surface area (Å²) in [5.74, 6) is -0.112. The maximum absolute atomic E-state index is 13.8. The van der Waals surface area contributed by atoms with Gasteiger partial charge in [-0.3, -0.25) is 0 Å². The molecule has 0 spiro atoms. The van der Waals surface area contributed by atoms with Crippen LogP contribution in [0.3, 0.4) is 0 Å². The Morgan fingerprint density at radius 1 is 1.08 bits per heavy atom. The second-order valence-electron chi connectivity index (χ2n) is 7.61. The number of hydrogen-bond acceptors (Lipinski definition) is 2. The molecule has 132 valence electrons. The van der Waals surface area contributed by atoms with E-state index in [1.807, 2.05) is 12.1 Å². The summed E-state index contributed by atoms with van der Waals surface area (Å²) in [6, 6.07) is 11.4. The first-order valence-electron chi connectivity index (χ1n) is 9.26. The predicted octanol–water partition coefficient (Wildman–Crippen LogP) is 5.00. The first kappa shape index (κ1) is 16.6. The number of benzene rings is 1. The average Bonchev–Trinajstić information content (AvgIpc) is 2.96. The molecule has 0 amide bonds. The van der Waals surface area contributed by atoms with Crippen molar-refractivity contribution in [2.75, 3.05) is 13.1 Å². The molecular weight excluding hydrogens is 318 g/mol. The fourth-order valence-corrected chi connectivity index (χ4v) is 4.31. The van der Waals surface area contributed by atoms with Crippen molar-refractivity contribution in [3.8, 4) is 11.1 Å². The maximum Gasteiger partial charge on any atom is 0.223 e. The summed E-state index contributed by atoms with van der Waals surface area (Å²) in [6.07, 6.45) is 5.17. The molecule has 2 aliphatic rings. The third-order valence-corrected chi connectivity index (χ3v) is 5.93. The number of aromatic nitrogens is 1. The molecule has 2 fully saturated rings. The van der Waals surface area contributed by atoms with Crippen LogP contribution in [0.1, 0.15) is 44.1 Å². The van der Waals surface area contributed by atoms with E-state index in [-0.39, 0.29) is 0 Å². The highest BCUT2D eigenvalue weighted by atomic mass is 19.1. The van der Waals surface area contributed by atoms with E-state index < -0.39 is 11.9 Å². The highest BCUT2D eigenvalue weighted by Crippen LogP contribution is 2.43. The number of nitrogens with zero attached hydrogens (tertiary/aromatic N) is 2. The van der Waals surface area contributed by atoms with Crippen molar-refractivity contribution in [2.45, 2.75) is 44.6 Å². The first-order valence-corrected chi connectivity index (χ1v) is 9.26. The molecule has 2 heterocycles. The number of pyridine rings is 1. The maximum atomic E-state index is 13.8. The van der Waals surface area contributed by atoms with E-state index in [1.165, 1.54) is 56.5 Å². The minimum absolute atomic E-state index is 0.349. The topological polar surface area (TPSA) is 16.1 Å². The molecule has 25 heavy (non-hydrogen) atoms. The van der Waals surface area contributed by atoms with Crippen LogP contribution >= 0.6 is 0 Å². The lowest BCUT2D eigenvalue weighted by atomic mass is 9.71. The Morgan fingerprint density at radius 2 is 1.84 bits per heavy atom. The second kappa shape index (κ2) is 6.83. The van der Waals surface area contributed by atoms with Crippen molar-refractivity contribution in [3.63, 3.8) is 0 Å². The summed E-state index contributed by atoms with van der Waals surface area (Å²) in [4.78, 5) is 5.89. The van der Waals surface area contributed by atoms with Gasteiger partial charge in [-0.1, -0.05) is 24.3 Å². The van der Waals surface area contributed by atoms with Gasteiger partial charge in [0.2, 0.25) is 11.9 Å². The van der Waals surface area contributed by atoms with Crippen LogP contribution in [0.5, 0.6) is 0 Å². The van der Waals surface area contributed by atoms with Crippen molar-refractivity contribution >= 4 is 0 Å². The van der Waals surface area contributed by atoms with Gasteiger partial charge in [0.1, 0.15) is 0 Å². The largest absolute Gasteiger partial charge is 0.300 e. The lowest BCUT2D eigenvalue weighted by molar-refractivity contribution is 0.154. The van der Waals surface area contributed by atoms with E-state index in [0.717, 1.165) is 17.5 Å². The van der Waals surface area contributed by atoms with Gasteiger partial charge in [-0.15, -0.1) is 0 Å². The first-order chi connectivity index (χ1) is 12.1. The zero-order chi connectivity index (χ0) is 17.4. The SMILES string of the molecule is CC1CCCN1C[C@H]1C[C@@H](c2ccc(-c3ccc(F)nc3F)cc2)C1. The van der Waals surface area contributed by atoms with Crippen molar-refractivity contribution < 1.29 is 8.78 Å². The van der Waals surface area contributed by atoms with E-state index in [2.05, 4.69) is 28.9 Å². The summed E-state index contributed by atoms with van der Waals surface area (Å²) in [5.41, 5.74) is 2.42. The van der Waals surface area contributed by atoms with E-state index in [9.17, 15) is 8.78 Å². The molecular formula is C21H24F2N2. The molecule has 1 aliphatic carbocycles. The van der Waals surface area contributed by atoms with Crippen LogP contribution in [0, 0.1) is 17.8 Å². The van der Waals surface area contributed by atoms with Crippen LogP contribution in [-0.2, 0) is 0 Å². The van der Waals surface area contributed by atoms with E-state index >= 15 is 0 Å². The summed E-state index contributed by atoms with van der Waals surface area (Å²) >= 11 is 0. The zero-order valence-electron chi connectivity index (χ0n) is 14.6. The van der Waals surface area contributed by atoms with Crippen LogP contribution < -0.4 is 0 Å². The number of hydrogen-bond donors (Lipinski definition) is 0. The summed E-state index contributed by atoms with van der Waals surface area (Å²) in [6.45, 7) is 4.84. The summed E-state index contributed by atoms with van der Waals surface area (Å²) in [5, 5.41) is 0. The Bertz CT molecular complexity index is 738. The van der Waals surface area contributed by atoms with Crippen molar-refractivity contribution in [1.82, 2.24) is 9.88 Å². The molecule has 0 radical (unpaired) electrons. The Morgan fingerprint density at radius 3 is 2.48 bits per heavy atom. The quantitative estimate of drug-likeness (QED) is 0.727. The standard InChI is InChI=1S/C21H24F2N2/c1-14-3-2-10-25(14)13-15-11-18(12-15)16-4-6-17(7-5-16)19-8-9-20(22)24-21(19)23/h4-9,14-15,18H,2-3,10-13H2,1H3/t14?,15-,18+. The fraction of sp³-hybridized carbons (Fsp3) is 0.476. The monoisotopic (exact) mass is 342 g/mol. The molecule has 2 aromatic rings. The molecule has 0 bridgehead atoms. The molecule has 1 atom stereocenters. The average molecular weight is 342 g/mol. The van der Waals surface area contributed by atoms with Gasteiger partial charge >= 0.3 is 0 Å². The zero-order valence-corrected chi connectivity index (χ0v) is 14.6. The van der Waals surface area contributed by atoms with E-state index in [1.54, 1.807) is 0 Å². The third-order valence-electron chi connectivity index (χ3n) is 5.93. The van der Waals surface area contributed by atoms with Gasteiger partial charge in [0, 0.05) is 18.2 Å². The van der Waals surface area contributed by atoms with Gasteiger partial charge in [0.25, 0.3) is 0 Å². The molecule has 1 saturated heterocycles. The van der Waals surface area contributed by atoms with E-state index in [4.69, 9.17) is 0 Å². The van der Waals surface area contributed by atoms with Gasteiger partial charge in [-0.2, -0.15) is 13.8 Å². The van der Waals surface area contributed by atoms with Crippen molar-refractivity contribution in [3.05, 3.63) is 53.9 Å². The molecule has 1 saturated carbocycles. The fourth-order valence-electron chi connectivity index (χ4n) is 4.31. The van der Waals surface area contributed by atoms with Gasteiger partial charge in [0.05, 0.1) is 0 Å². The highest BCUT2D eigenvalue weighted by Gasteiger charge is 2.33. The Balaban J connectivity index is 1.37. The second-order valence-corrected chi connectivity index (χ2v) is 7.61. The van der Waals surface area contributed by atoms with Crippen molar-refractivity contribution in [1.29, 1.82) is 0 Å². The number of likely N-dealkylation sites (tertiary alicyclic amines) is 1. The third kappa shape index (κ3) is 3.45. The minimum Gasteiger partial charge on any atom is -0.300 e. The molecule has 2 nitrogen and oxygen atoms in total. The minimum atomic E-state index is -0.786. The Hall–Kier alpha value is -1.81. The summed E-state index contributed by atoms with van der Waals surface area (Å²) < 4.78 is 26.7. The molecule has 1 unspecified atom stereocenters. The molecule has 1 aliphatic heterocycles. The van der Waals surface area contributed by atoms with E-state index in [0.29, 0.717) is 11.5 Å². The lowest BCUT2D eigenvalue weighted by Crippen LogP contribution is -2.37. The molecule has 1 aromatic carbocycles. The van der Waals surface area contributed by atoms with Crippen molar-refractivity contribution in [2.24, 2.45) is 5.92 Å². The number of rotatable bonds is 4. The van der Waals surface area contributed by atoms with Gasteiger partial charge in [-0.25, -0.2) is 0 Å². The van der Waals surface area contributed by atoms with Crippen LogP contribution in [0.15, 0.2) is 36.4 Å². The van der Waals surface area contributed by atoms with Gasteiger partial charge in [-0.05, 0) is 74.2 Å². The number of halogens is 2. The lowest BCUT2D eigenvalue weighted by Gasteiger charge is -2.39. The molecule has 4 heteroatoms. The smallest absolute Gasteiger partial charge is 0.223 e. The highest BCUT2D eigenvalue weighted by molar-refractivity contribution is 5.63. The Kier molecular flexibility index (Phi) is 4.55. The normalized spacial score (nSPS) is 26.6. The predicted molar refractivity (Wildman–Crippen MR) is 95.3 cm³/mol. The van der Waals surface area contributed by atoms with Crippen LogP contribution in [0.25, 0.3) is 11.1 Å². The van der Waals surface area contributed by atoms with Gasteiger partial charge in [0.15, 0.2) is 0 Å². The van der Waals surface area contributed by atoms with Crippen LogP contribution in [0.2, 0.25) is 0 Å². The van der Waals surface area contributed by atoms with Crippen LogP contribution in [-0.4, -0.2) is 29.0 Å². The van der Waals surface area contributed by atoms with Crippen LogP contribution in [0.4, 0.5) is 8.78 Å². The summed E-state index contributed by atoms with van der Waals surface area (Å²) in [7, 11) is 0. The van der Waals surface area contributed by atoms with Gasteiger partial charge < -0.3 is 4.90 Å². The molecule has 1 aromatic heterocycles.